The average molecular weight is 244 g/mol. The maximum Gasteiger partial charge on any atom is 0.255 e. The van der Waals surface area contributed by atoms with Crippen molar-refractivity contribution in [1.82, 2.24) is 0 Å². The Hall–Kier alpha value is -1.74. The summed E-state index contributed by atoms with van der Waals surface area (Å²) < 4.78 is 0. The number of benzene rings is 2. The van der Waals surface area contributed by atoms with E-state index in [4.69, 9.17) is 11.6 Å². The van der Waals surface area contributed by atoms with E-state index in [-0.39, 0.29) is 5.91 Å². The van der Waals surface area contributed by atoms with Gasteiger partial charge in [0.15, 0.2) is 0 Å². The molecular formula is C13H11BClNO. The number of nitrogens with one attached hydrogen (secondary N) is 1. The Bertz CT molecular complexity index is 522. The normalized spacial score (nSPS) is 9.94. The fourth-order valence-electron chi connectivity index (χ4n) is 1.44. The van der Waals surface area contributed by atoms with Crippen LogP contribution in [0, 0.1) is 0 Å². The monoisotopic (exact) mass is 243 g/mol. The van der Waals surface area contributed by atoms with Gasteiger partial charge in [-0.05, 0) is 24.3 Å². The molecule has 2 nitrogen and oxygen atoms in total. The molecule has 2 aromatic carbocycles. The van der Waals surface area contributed by atoms with Crippen molar-refractivity contribution in [2.45, 2.75) is 0 Å². The van der Waals surface area contributed by atoms with E-state index in [0.717, 1.165) is 11.2 Å². The first-order chi connectivity index (χ1) is 8.15. The molecule has 0 saturated heterocycles. The second-order valence-corrected chi connectivity index (χ2v) is 4.26. The van der Waals surface area contributed by atoms with Crippen LogP contribution in [-0.2, 0) is 0 Å². The molecule has 0 fully saturated rings. The molecule has 17 heavy (non-hydrogen) atoms. The topological polar surface area (TPSA) is 29.1 Å². The Balaban J connectivity index is 2.11. The molecule has 0 unspecified atom stereocenters. The first-order valence-electron chi connectivity index (χ1n) is 5.29. The van der Waals surface area contributed by atoms with Crippen LogP contribution in [-0.4, -0.2) is 13.8 Å². The molecule has 0 aliphatic rings. The first-order valence-corrected chi connectivity index (χ1v) is 5.66. The summed E-state index contributed by atoms with van der Waals surface area (Å²) in [5.41, 5.74) is 2.51. The summed E-state index contributed by atoms with van der Waals surface area (Å²) in [6.45, 7) is 0. The van der Waals surface area contributed by atoms with Crippen LogP contribution < -0.4 is 10.8 Å². The lowest BCUT2D eigenvalue weighted by Gasteiger charge is -2.05. The standard InChI is InChI=1S/C13H11BClNO/c14-10-3-1-9(2-4-10)13(17)16-12-7-5-11(15)6-8-12/h1-8H,14H2,(H,16,17). The van der Waals surface area contributed by atoms with E-state index >= 15 is 0 Å². The van der Waals surface area contributed by atoms with E-state index in [0.29, 0.717) is 10.6 Å². The Labute approximate surface area is 106 Å². The van der Waals surface area contributed by atoms with Crippen LogP contribution in [0.15, 0.2) is 48.5 Å². The van der Waals surface area contributed by atoms with E-state index < -0.39 is 0 Å². The van der Waals surface area contributed by atoms with Crippen molar-refractivity contribution in [2.75, 3.05) is 5.32 Å². The third kappa shape index (κ3) is 3.11. The van der Waals surface area contributed by atoms with Gasteiger partial charge in [-0.2, -0.15) is 0 Å². The van der Waals surface area contributed by atoms with Gasteiger partial charge < -0.3 is 5.32 Å². The summed E-state index contributed by atoms with van der Waals surface area (Å²) in [7, 11) is 1.99. The highest BCUT2D eigenvalue weighted by molar-refractivity contribution is 6.32. The zero-order chi connectivity index (χ0) is 12.3. The second-order valence-electron chi connectivity index (χ2n) is 3.83. The van der Waals surface area contributed by atoms with Gasteiger partial charge in [-0.3, -0.25) is 4.79 Å². The molecule has 1 amide bonds. The third-order valence-corrected chi connectivity index (χ3v) is 2.67. The molecule has 0 spiro atoms. The number of carbonyl (C=O) groups is 1. The fourth-order valence-corrected chi connectivity index (χ4v) is 1.57. The average Bonchev–Trinajstić information content (AvgIpc) is 2.33. The predicted octanol–water partition coefficient (Wildman–Crippen LogP) is 1.85. The van der Waals surface area contributed by atoms with E-state index in [2.05, 4.69) is 5.32 Å². The van der Waals surface area contributed by atoms with Gasteiger partial charge in [0.05, 0.1) is 0 Å². The van der Waals surface area contributed by atoms with Crippen LogP contribution >= 0.6 is 11.6 Å². The smallest absolute Gasteiger partial charge is 0.255 e. The minimum absolute atomic E-state index is 0.118. The maximum absolute atomic E-state index is 11.9. The maximum atomic E-state index is 11.9. The first kappa shape index (κ1) is 11.7. The summed E-state index contributed by atoms with van der Waals surface area (Å²) >= 11 is 5.77. The lowest BCUT2D eigenvalue weighted by molar-refractivity contribution is 0.102. The van der Waals surface area contributed by atoms with E-state index in [9.17, 15) is 4.79 Å². The van der Waals surface area contributed by atoms with Gasteiger partial charge in [0, 0.05) is 16.3 Å². The highest BCUT2D eigenvalue weighted by Crippen LogP contribution is 2.14. The molecule has 84 valence electrons. The van der Waals surface area contributed by atoms with Crippen LogP contribution in [0.3, 0.4) is 0 Å². The van der Waals surface area contributed by atoms with Gasteiger partial charge in [-0.1, -0.05) is 41.3 Å². The second kappa shape index (κ2) is 5.06. The van der Waals surface area contributed by atoms with Crippen molar-refractivity contribution in [3.63, 3.8) is 0 Å². The molecule has 0 aromatic heterocycles. The summed E-state index contributed by atoms with van der Waals surface area (Å²) in [6, 6.07) is 14.5. The molecule has 2 rings (SSSR count). The lowest BCUT2D eigenvalue weighted by Crippen LogP contribution is -2.13. The summed E-state index contributed by atoms with van der Waals surface area (Å²) in [5, 5.41) is 3.46. The fraction of sp³-hybridized carbons (Fsp3) is 0. The molecule has 2 aromatic rings. The van der Waals surface area contributed by atoms with E-state index in [1.54, 1.807) is 36.4 Å². The van der Waals surface area contributed by atoms with Crippen molar-refractivity contribution < 1.29 is 4.79 Å². The van der Waals surface area contributed by atoms with E-state index in [1.807, 2.05) is 20.0 Å². The number of hydrogen-bond acceptors (Lipinski definition) is 1. The lowest BCUT2D eigenvalue weighted by atomic mass is 9.95. The molecule has 0 saturated carbocycles. The Morgan fingerprint density at radius 1 is 1.00 bits per heavy atom. The summed E-state index contributed by atoms with van der Waals surface area (Å²) in [5.74, 6) is -0.118. The molecule has 0 aliphatic carbocycles. The van der Waals surface area contributed by atoms with Crippen LogP contribution in [0.2, 0.25) is 5.02 Å². The summed E-state index contributed by atoms with van der Waals surface area (Å²) in [6.07, 6.45) is 0. The molecule has 4 heteroatoms. The highest BCUT2D eigenvalue weighted by Gasteiger charge is 2.04. The van der Waals surface area contributed by atoms with Gasteiger partial charge in [0.1, 0.15) is 7.85 Å². The third-order valence-electron chi connectivity index (χ3n) is 2.42. The van der Waals surface area contributed by atoms with E-state index in [1.165, 1.54) is 0 Å². The zero-order valence-electron chi connectivity index (χ0n) is 9.41. The summed E-state index contributed by atoms with van der Waals surface area (Å²) in [4.78, 5) is 11.9. The van der Waals surface area contributed by atoms with Gasteiger partial charge in [0.2, 0.25) is 0 Å². The highest BCUT2D eigenvalue weighted by atomic mass is 35.5. The molecule has 0 atom stereocenters. The number of halogens is 1. The molecule has 0 heterocycles. The van der Waals surface area contributed by atoms with Crippen molar-refractivity contribution in [2.24, 2.45) is 0 Å². The largest absolute Gasteiger partial charge is 0.322 e. The molecule has 0 radical (unpaired) electrons. The van der Waals surface area contributed by atoms with Gasteiger partial charge in [-0.25, -0.2) is 0 Å². The minimum Gasteiger partial charge on any atom is -0.322 e. The molecule has 0 bridgehead atoms. The van der Waals surface area contributed by atoms with Crippen LogP contribution in [0.5, 0.6) is 0 Å². The van der Waals surface area contributed by atoms with Gasteiger partial charge in [0.25, 0.3) is 5.91 Å². The zero-order valence-corrected chi connectivity index (χ0v) is 10.2. The van der Waals surface area contributed by atoms with Crippen molar-refractivity contribution in [1.29, 1.82) is 0 Å². The number of amides is 1. The minimum atomic E-state index is -0.118. The van der Waals surface area contributed by atoms with Crippen molar-refractivity contribution in [3.05, 3.63) is 59.1 Å². The predicted molar refractivity (Wildman–Crippen MR) is 74.0 cm³/mol. The number of hydrogen-bond donors (Lipinski definition) is 1. The Kier molecular flexibility index (Phi) is 3.50. The SMILES string of the molecule is Bc1ccc(C(=O)Nc2ccc(Cl)cc2)cc1. The number of anilines is 1. The van der Waals surface area contributed by atoms with Gasteiger partial charge >= 0.3 is 0 Å². The van der Waals surface area contributed by atoms with Crippen molar-refractivity contribution in [3.8, 4) is 0 Å². The number of rotatable bonds is 2. The van der Waals surface area contributed by atoms with Crippen LogP contribution in [0.25, 0.3) is 0 Å². The van der Waals surface area contributed by atoms with Gasteiger partial charge in [-0.15, -0.1) is 0 Å². The molecular weight excluding hydrogens is 232 g/mol. The van der Waals surface area contributed by atoms with Crippen LogP contribution in [0.1, 0.15) is 10.4 Å². The Morgan fingerprint density at radius 3 is 2.18 bits per heavy atom. The van der Waals surface area contributed by atoms with Crippen molar-refractivity contribution >= 4 is 36.5 Å². The Morgan fingerprint density at radius 2 is 1.59 bits per heavy atom. The van der Waals surface area contributed by atoms with Crippen LogP contribution in [0.4, 0.5) is 5.69 Å². The quantitative estimate of drug-likeness (QED) is 0.802. The number of carbonyl (C=O) groups excluding carboxylic acids is 1. The molecule has 1 N–H and O–H groups in total. The molecule has 0 aliphatic heterocycles.